The van der Waals surface area contributed by atoms with Crippen LogP contribution in [-0.4, -0.2) is 28.2 Å². The van der Waals surface area contributed by atoms with E-state index in [2.05, 4.69) is 13.8 Å². The van der Waals surface area contributed by atoms with E-state index in [4.69, 9.17) is 0 Å². The van der Waals surface area contributed by atoms with Crippen LogP contribution in [0, 0.1) is 28.6 Å². The van der Waals surface area contributed by atoms with E-state index in [0.717, 1.165) is 38.5 Å². The quantitative estimate of drug-likeness (QED) is 0.723. The van der Waals surface area contributed by atoms with Gasteiger partial charge in [-0.25, -0.2) is 0 Å². The predicted octanol–water partition coefficient (Wildman–Crippen LogP) is 2.85. The van der Waals surface area contributed by atoms with E-state index in [1.165, 1.54) is 5.57 Å². The highest BCUT2D eigenvalue weighted by Crippen LogP contribution is 2.63. The molecule has 4 aliphatic carbocycles. The third kappa shape index (κ3) is 1.78. The van der Waals surface area contributed by atoms with Crippen molar-refractivity contribution in [2.24, 2.45) is 28.6 Å². The summed E-state index contributed by atoms with van der Waals surface area (Å²) in [6.45, 7) is 4.52. The molecule has 0 aromatic carbocycles. The van der Waals surface area contributed by atoms with Crippen LogP contribution >= 0.6 is 0 Å². The van der Waals surface area contributed by atoms with E-state index in [1.54, 1.807) is 0 Å². The van der Waals surface area contributed by atoms with Crippen LogP contribution in [0.2, 0.25) is 0 Å². The van der Waals surface area contributed by atoms with Crippen LogP contribution in [-0.2, 0) is 4.79 Å². The van der Waals surface area contributed by atoms with Crippen molar-refractivity contribution in [3.63, 3.8) is 0 Å². The zero-order chi connectivity index (χ0) is 15.7. The first kappa shape index (κ1) is 14.9. The first-order chi connectivity index (χ1) is 10.4. The van der Waals surface area contributed by atoms with Gasteiger partial charge in [-0.3, -0.25) is 4.79 Å². The maximum atomic E-state index is 12.9. The molecule has 3 nitrogen and oxygen atoms in total. The molecule has 3 heteroatoms. The molecule has 0 saturated heterocycles. The predicted molar refractivity (Wildman–Crippen MR) is 84.1 cm³/mol. The van der Waals surface area contributed by atoms with Crippen LogP contribution in [0.15, 0.2) is 11.6 Å². The molecule has 2 N–H and O–H groups in total. The minimum Gasteiger partial charge on any atom is -0.393 e. The minimum absolute atomic E-state index is 0.0628. The van der Waals surface area contributed by atoms with Crippen LogP contribution < -0.4 is 0 Å². The minimum atomic E-state index is -0.272. The zero-order valence-electron chi connectivity index (χ0n) is 13.7. The molecule has 0 heterocycles. The first-order valence-corrected chi connectivity index (χ1v) is 8.97. The average Bonchev–Trinajstić information content (AvgIpc) is 2.77. The summed E-state index contributed by atoms with van der Waals surface area (Å²) in [5.41, 5.74) is 1.22. The number of carbonyl (C=O) groups is 1. The smallest absolute Gasteiger partial charge is 0.159 e. The molecule has 0 radical (unpaired) electrons. The second-order valence-electron chi connectivity index (χ2n) is 8.76. The van der Waals surface area contributed by atoms with Gasteiger partial charge < -0.3 is 10.2 Å². The van der Waals surface area contributed by atoms with Crippen molar-refractivity contribution in [3.8, 4) is 0 Å². The monoisotopic (exact) mass is 304 g/mol. The lowest BCUT2D eigenvalue weighted by atomic mass is 9.47. The highest BCUT2D eigenvalue weighted by atomic mass is 16.3. The number of allylic oxidation sites excluding steroid dienone is 1. The molecule has 0 aliphatic heterocycles. The second-order valence-corrected chi connectivity index (χ2v) is 8.76. The number of fused-ring (bicyclic) bond motifs is 5. The Labute approximate surface area is 132 Å². The lowest BCUT2D eigenvalue weighted by molar-refractivity contribution is -0.136. The van der Waals surface area contributed by atoms with Crippen molar-refractivity contribution in [1.29, 1.82) is 0 Å². The zero-order valence-corrected chi connectivity index (χ0v) is 13.7. The molecular formula is C19H28O3. The van der Waals surface area contributed by atoms with Gasteiger partial charge in [-0.15, -0.1) is 0 Å². The molecule has 0 aromatic rings. The van der Waals surface area contributed by atoms with Crippen molar-refractivity contribution in [1.82, 2.24) is 0 Å². The molecule has 4 rings (SSSR count). The molecule has 3 saturated carbocycles. The number of ketones is 1. The molecule has 0 bridgehead atoms. The Kier molecular flexibility index (Phi) is 3.16. The Balaban J connectivity index is 1.75. The summed E-state index contributed by atoms with van der Waals surface area (Å²) in [6, 6.07) is 0. The van der Waals surface area contributed by atoms with E-state index in [-0.39, 0.29) is 34.7 Å². The molecule has 122 valence electrons. The molecule has 7 atom stereocenters. The van der Waals surface area contributed by atoms with Crippen LogP contribution in [0.5, 0.6) is 0 Å². The highest BCUT2D eigenvalue weighted by Gasteiger charge is 2.60. The Hall–Kier alpha value is -0.670. The molecule has 3 unspecified atom stereocenters. The summed E-state index contributed by atoms with van der Waals surface area (Å²) < 4.78 is 0. The maximum Gasteiger partial charge on any atom is 0.159 e. The fraction of sp³-hybridized carbons (Fsp3) is 0.842. The van der Waals surface area contributed by atoms with E-state index in [9.17, 15) is 15.0 Å². The Morgan fingerprint density at radius 2 is 1.82 bits per heavy atom. The number of aliphatic hydroxyl groups is 2. The van der Waals surface area contributed by atoms with Gasteiger partial charge in [0.2, 0.25) is 0 Å². The molecule has 0 spiro atoms. The lowest BCUT2D eigenvalue weighted by Gasteiger charge is -2.56. The van der Waals surface area contributed by atoms with Gasteiger partial charge in [-0.2, -0.15) is 0 Å². The van der Waals surface area contributed by atoms with Crippen molar-refractivity contribution in [2.45, 2.75) is 71.0 Å². The third-order valence-corrected chi connectivity index (χ3v) is 7.87. The first-order valence-electron chi connectivity index (χ1n) is 8.97. The molecule has 0 aromatic heterocycles. The van der Waals surface area contributed by atoms with Gasteiger partial charge in [0.25, 0.3) is 0 Å². The standard InChI is InChI=1S/C19H28O3/c1-18-7-5-12(20)9-11(18)10-15(21)17-13-3-4-16(22)19(13,2)8-6-14(17)18/h10,12-14,16-17,20,22H,3-9H2,1-2H3/t12-,13?,14?,16+,17?,18-,19-/m0/s1. The van der Waals surface area contributed by atoms with Gasteiger partial charge in [0.05, 0.1) is 12.2 Å². The second kappa shape index (κ2) is 4.67. The highest BCUT2D eigenvalue weighted by molar-refractivity contribution is 5.94. The molecule has 3 fully saturated rings. The summed E-state index contributed by atoms with van der Waals surface area (Å²) in [5.74, 6) is 1.13. The van der Waals surface area contributed by atoms with Crippen LogP contribution in [0.25, 0.3) is 0 Å². The van der Waals surface area contributed by atoms with Crippen molar-refractivity contribution < 1.29 is 15.0 Å². The van der Waals surface area contributed by atoms with E-state index in [0.29, 0.717) is 18.3 Å². The normalized spacial score (nSPS) is 54.3. The summed E-state index contributed by atoms with van der Waals surface area (Å²) in [7, 11) is 0. The maximum absolute atomic E-state index is 12.9. The van der Waals surface area contributed by atoms with Gasteiger partial charge in [0.1, 0.15) is 0 Å². The van der Waals surface area contributed by atoms with Gasteiger partial charge >= 0.3 is 0 Å². The van der Waals surface area contributed by atoms with Crippen molar-refractivity contribution in [2.75, 3.05) is 0 Å². The number of rotatable bonds is 0. The fourth-order valence-corrected chi connectivity index (χ4v) is 6.36. The summed E-state index contributed by atoms with van der Waals surface area (Å²) in [6.07, 6.45) is 7.83. The van der Waals surface area contributed by atoms with Crippen LogP contribution in [0.3, 0.4) is 0 Å². The largest absolute Gasteiger partial charge is 0.393 e. The summed E-state index contributed by atoms with van der Waals surface area (Å²) in [4.78, 5) is 12.9. The number of aliphatic hydroxyl groups excluding tert-OH is 2. The van der Waals surface area contributed by atoms with Gasteiger partial charge in [-0.1, -0.05) is 19.4 Å². The molecule has 22 heavy (non-hydrogen) atoms. The van der Waals surface area contributed by atoms with E-state index < -0.39 is 0 Å². The number of hydrogen-bond donors (Lipinski definition) is 2. The van der Waals surface area contributed by atoms with Crippen molar-refractivity contribution >= 4 is 5.78 Å². The lowest BCUT2D eigenvalue weighted by Crippen LogP contribution is -2.54. The Bertz CT molecular complexity index is 539. The SMILES string of the molecule is C[C@]12CC[C@H](O)CC1=CC(=O)C1C2CC[C@@]2(C)C1CC[C@H]2O. The fourth-order valence-electron chi connectivity index (χ4n) is 6.36. The Morgan fingerprint density at radius 1 is 1.05 bits per heavy atom. The average molecular weight is 304 g/mol. The van der Waals surface area contributed by atoms with Gasteiger partial charge in [0.15, 0.2) is 5.78 Å². The molecule has 0 amide bonds. The summed E-state index contributed by atoms with van der Waals surface area (Å²) >= 11 is 0. The van der Waals surface area contributed by atoms with Crippen molar-refractivity contribution in [3.05, 3.63) is 11.6 Å². The van der Waals surface area contributed by atoms with E-state index in [1.807, 2.05) is 6.08 Å². The van der Waals surface area contributed by atoms with Gasteiger partial charge in [0, 0.05) is 5.92 Å². The van der Waals surface area contributed by atoms with Crippen LogP contribution in [0.4, 0.5) is 0 Å². The summed E-state index contributed by atoms with van der Waals surface area (Å²) in [5, 5.41) is 20.4. The molecule has 4 aliphatic rings. The molecular weight excluding hydrogens is 276 g/mol. The third-order valence-electron chi connectivity index (χ3n) is 7.87. The van der Waals surface area contributed by atoms with E-state index >= 15 is 0 Å². The number of carbonyl (C=O) groups excluding carboxylic acids is 1. The number of hydrogen-bond acceptors (Lipinski definition) is 3. The Morgan fingerprint density at radius 3 is 2.59 bits per heavy atom. The van der Waals surface area contributed by atoms with Gasteiger partial charge in [-0.05, 0) is 73.7 Å². The topological polar surface area (TPSA) is 57.5 Å². The van der Waals surface area contributed by atoms with Crippen LogP contribution in [0.1, 0.15) is 58.8 Å².